The number of ether oxygens (including phenoxy) is 3. The number of aromatic nitrogens is 2. The Kier molecular flexibility index (Phi) is 5.78. The van der Waals surface area contributed by atoms with Gasteiger partial charge in [0, 0.05) is 48.1 Å². The Morgan fingerprint density at radius 1 is 1.11 bits per heavy atom. The largest absolute Gasteiger partial charge is 0.488 e. The number of carbonyl (C=O) groups excluding carboxylic acids is 1. The van der Waals surface area contributed by atoms with E-state index in [-0.39, 0.29) is 18.3 Å². The van der Waals surface area contributed by atoms with Crippen LogP contribution < -0.4 is 10.3 Å². The fourth-order valence-corrected chi connectivity index (χ4v) is 5.58. The van der Waals surface area contributed by atoms with E-state index < -0.39 is 12.1 Å². The third-order valence-electron chi connectivity index (χ3n) is 7.32. The third kappa shape index (κ3) is 3.61. The standard InChI is InChI=1S/C25H23N3O6.C2H6/c29-23-17-9-20-22-13(10-28(20)24(30)18(17)12-33-25(23)31)7-15-16-8-14(11-27-3-5-32-6-4-27)34-21(16)2-1-19(15)26-22;1-2/h1-2,7,9,14,23,29H,3-6,8,10-12H2;1-2H3. The Hall–Kier alpha value is -3.27. The number of hydrogen-bond donors (Lipinski definition) is 1. The molecule has 4 aliphatic heterocycles. The van der Waals surface area contributed by atoms with Crippen molar-refractivity contribution in [2.75, 3.05) is 32.8 Å². The lowest BCUT2D eigenvalue weighted by molar-refractivity contribution is -0.157. The van der Waals surface area contributed by atoms with E-state index in [4.69, 9.17) is 19.2 Å². The topological polar surface area (TPSA) is 103 Å². The number of rotatable bonds is 2. The Bertz CT molecular complexity index is 1430. The molecule has 9 heteroatoms. The van der Waals surface area contributed by atoms with E-state index in [0.717, 1.165) is 67.0 Å². The fraction of sp³-hybridized carbons (Fsp3) is 0.444. The van der Waals surface area contributed by atoms with E-state index in [1.54, 1.807) is 10.6 Å². The van der Waals surface area contributed by atoms with E-state index in [2.05, 4.69) is 11.0 Å². The molecule has 0 bridgehead atoms. The Morgan fingerprint density at radius 3 is 2.72 bits per heavy atom. The van der Waals surface area contributed by atoms with E-state index in [1.165, 1.54) is 0 Å². The molecular weight excluding hydrogens is 462 g/mol. The van der Waals surface area contributed by atoms with E-state index in [9.17, 15) is 14.7 Å². The van der Waals surface area contributed by atoms with Crippen molar-refractivity contribution in [3.63, 3.8) is 0 Å². The minimum absolute atomic E-state index is 0.0949. The number of hydrogen-bond acceptors (Lipinski definition) is 8. The van der Waals surface area contributed by atoms with Crippen molar-refractivity contribution >= 4 is 16.9 Å². The maximum absolute atomic E-state index is 13.1. The van der Waals surface area contributed by atoms with Gasteiger partial charge in [0.1, 0.15) is 18.5 Å². The number of cyclic esters (lactones) is 1. The van der Waals surface area contributed by atoms with Crippen LogP contribution in [-0.2, 0) is 33.8 Å². The highest BCUT2D eigenvalue weighted by atomic mass is 16.5. The minimum Gasteiger partial charge on any atom is -0.488 e. The summed E-state index contributed by atoms with van der Waals surface area (Å²) in [4.78, 5) is 32.3. The maximum Gasteiger partial charge on any atom is 0.340 e. The lowest BCUT2D eigenvalue weighted by atomic mass is 9.99. The highest BCUT2D eigenvalue weighted by Crippen LogP contribution is 2.39. The highest BCUT2D eigenvalue weighted by molar-refractivity contribution is 5.89. The summed E-state index contributed by atoms with van der Waals surface area (Å²) in [6.45, 7) is 8.52. The lowest BCUT2D eigenvalue weighted by Gasteiger charge is -2.28. The second-order valence-electron chi connectivity index (χ2n) is 9.33. The molecule has 2 unspecified atom stereocenters. The molecule has 2 aromatic heterocycles. The monoisotopic (exact) mass is 491 g/mol. The van der Waals surface area contributed by atoms with Crippen LogP contribution in [0.5, 0.6) is 5.75 Å². The first-order chi connectivity index (χ1) is 17.6. The predicted octanol–water partition coefficient (Wildman–Crippen LogP) is 2.18. The van der Waals surface area contributed by atoms with Crippen molar-refractivity contribution in [2.24, 2.45) is 0 Å². The summed E-state index contributed by atoms with van der Waals surface area (Å²) in [5, 5.41) is 11.3. The van der Waals surface area contributed by atoms with Gasteiger partial charge in [0.15, 0.2) is 6.10 Å². The van der Waals surface area contributed by atoms with Gasteiger partial charge in [0.25, 0.3) is 5.56 Å². The van der Waals surface area contributed by atoms with Gasteiger partial charge in [-0.2, -0.15) is 0 Å². The van der Waals surface area contributed by atoms with Gasteiger partial charge < -0.3 is 23.9 Å². The number of morpholine rings is 1. The molecule has 0 aliphatic carbocycles. The van der Waals surface area contributed by atoms with E-state index in [1.807, 2.05) is 26.0 Å². The van der Waals surface area contributed by atoms with Gasteiger partial charge in [0.2, 0.25) is 0 Å². The number of nitrogens with zero attached hydrogens (tertiary/aromatic N) is 3. The number of pyridine rings is 2. The number of carbonyl (C=O) groups is 1. The predicted molar refractivity (Wildman–Crippen MR) is 132 cm³/mol. The molecule has 1 fully saturated rings. The van der Waals surface area contributed by atoms with Crippen LogP contribution in [0, 0.1) is 0 Å². The molecule has 7 rings (SSSR count). The molecule has 36 heavy (non-hydrogen) atoms. The Labute approximate surface area is 208 Å². The van der Waals surface area contributed by atoms with Gasteiger partial charge in [-0.25, -0.2) is 9.78 Å². The smallest absolute Gasteiger partial charge is 0.340 e. The zero-order chi connectivity index (χ0) is 25.0. The molecular formula is C27H29N3O6. The van der Waals surface area contributed by atoms with E-state index >= 15 is 0 Å². The molecule has 2 atom stereocenters. The highest BCUT2D eigenvalue weighted by Gasteiger charge is 2.34. The van der Waals surface area contributed by atoms with Crippen LogP contribution in [0.2, 0.25) is 0 Å². The van der Waals surface area contributed by atoms with Crippen molar-refractivity contribution in [1.82, 2.24) is 14.5 Å². The zero-order valence-corrected chi connectivity index (χ0v) is 20.5. The fourth-order valence-electron chi connectivity index (χ4n) is 5.58. The van der Waals surface area contributed by atoms with Crippen LogP contribution in [0.3, 0.4) is 0 Å². The number of benzene rings is 1. The molecule has 0 saturated carbocycles. The summed E-state index contributed by atoms with van der Waals surface area (Å²) in [5.74, 6) is 0.165. The minimum atomic E-state index is -1.45. The third-order valence-corrected chi connectivity index (χ3v) is 7.32. The van der Waals surface area contributed by atoms with Gasteiger partial charge in [-0.3, -0.25) is 9.69 Å². The quantitative estimate of drug-likeness (QED) is 0.426. The van der Waals surface area contributed by atoms with Crippen LogP contribution in [0.25, 0.3) is 22.3 Å². The number of aliphatic hydroxyl groups excluding tert-OH is 1. The van der Waals surface area contributed by atoms with Crippen LogP contribution in [0.4, 0.5) is 0 Å². The zero-order valence-electron chi connectivity index (χ0n) is 20.5. The first kappa shape index (κ1) is 23.1. The Morgan fingerprint density at radius 2 is 1.92 bits per heavy atom. The summed E-state index contributed by atoms with van der Waals surface area (Å²) >= 11 is 0. The molecule has 9 nitrogen and oxygen atoms in total. The molecule has 6 heterocycles. The SMILES string of the molecule is CC.O=C1OCc2c(cc3n(c2=O)Cc2cc4c5c(ccc4nc2-3)OC(CN2CCOCC2)C5)C1O. The van der Waals surface area contributed by atoms with Crippen molar-refractivity contribution < 1.29 is 24.1 Å². The molecule has 188 valence electrons. The van der Waals surface area contributed by atoms with Crippen LogP contribution in [0.15, 0.2) is 29.1 Å². The Balaban J connectivity index is 0.00000117. The van der Waals surface area contributed by atoms with Gasteiger partial charge in [-0.1, -0.05) is 13.8 Å². The van der Waals surface area contributed by atoms with Crippen LogP contribution in [0.1, 0.15) is 42.2 Å². The summed E-state index contributed by atoms with van der Waals surface area (Å²) in [5.41, 5.74) is 4.66. The first-order valence-electron chi connectivity index (χ1n) is 12.6. The molecule has 1 aromatic carbocycles. The van der Waals surface area contributed by atoms with Gasteiger partial charge >= 0.3 is 5.97 Å². The first-order valence-corrected chi connectivity index (χ1v) is 12.6. The van der Waals surface area contributed by atoms with Gasteiger partial charge in [-0.05, 0) is 24.3 Å². The second kappa shape index (κ2) is 8.99. The molecule has 1 saturated heterocycles. The van der Waals surface area contributed by atoms with Crippen molar-refractivity contribution in [2.45, 2.75) is 45.6 Å². The summed E-state index contributed by atoms with van der Waals surface area (Å²) in [6, 6.07) is 7.75. The molecule has 4 aliphatic rings. The number of fused-ring (bicyclic) bond motifs is 7. The summed E-state index contributed by atoms with van der Waals surface area (Å²) < 4.78 is 18.3. The molecule has 0 radical (unpaired) electrons. The van der Waals surface area contributed by atoms with Crippen molar-refractivity contribution in [3.05, 3.63) is 56.9 Å². The van der Waals surface area contributed by atoms with E-state index in [0.29, 0.717) is 29.1 Å². The average molecular weight is 492 g/mol. The van der Waals surface area contributed by atoms with Crippen LogP contribution in [-0.4, -0.2) is 64.5 Å². The number of esters is 1. The lowest BCUT2D eigenvalue weighted by Crippen LogP contribution is -2.42. The molecule has 0 amide bonds. The van der Waals surface area contributed by atoms with Crippen molar-refractivity contribution in [1.29, 1.82) is 0 Å². The molecule has 1 N–H and O–H groups in total. The van der Waals surface area contributed by atoms with Gasteiger partial charge in [0.05, 0.1) is 42.2 Å². The van der Waals surface area contributed by atoms with Gasteiger partial charge in [-0.15, -0.1) is 0 Å². The van der Waals surface area contributed by atoms with Crippen molar-refractivity contribution in [3.8, 4) is 17.1 Å². The molecule has 0 spiro atoms. The number of aliphatic hydroxyl groups is 1. The average Bonchev–Trinajstić information content (AvgIpc) is 3.48. The summed E-state index contributed by atoms with van der Waals surface area (Å²) in [6.07, 6.45) is -0.537. The molecule has 3 aromatic rings. The maximum atomic E-state index is 13.1. The second-order valence-corrected chi connectivity index (χ2v) is 9.33. The normalized spacial score (nSPS) is 22.0. The summed E-state index contributed by atoms with van der Waals surface area (Å²) in [7, 11) is 0. The van der Waals surface area contributed by atoms with Crippen LogP contribution >= 0.6 is 0 Å².